The molecule has 4 nitrogen and oxygen atoms in total. The van der Waals surface area contributed by atoms with Crippen LogP contribution >= 0.6 is 0 Å². The van der Waals surface area contributed by atoms with Crippen molar-refractivity contribution in [3.05, 3.63) is 30.4 Å². The van der Waals surface area contributed by atoms with Crippen LogP contribution in [0.3, 0.4) is 0 Å². The minimum Gasteiger partial charge on any atom is -0.347 e. The summed E-state index contributed by atoms with van der Waals surface area (Å²) in [4.78, 5) is 15.6. The molecular formula is C13H18FN3O. The molecule has 98 valence electrons. The average molecular weight is 251 g/mol. The van der Waals surface area contributed by atoms with Gasteiger partial charge in [-0.2, -0.15) is 0 Å². The Morgan fingerprint density at radius 3 is 3.06 bits per heavy atom. The third-order valence-corrected chi connectivity index (χ3v) is 3.23. The summed E-state index contributed by atoms with van der Waals surface area (Å²) in [5, 5.41) is 2.73. The van der Waals surface area contributed by atoms with Crippen molar-refractivity contribution >= 4 is 5.91 Å². The Bertz CT molecular complexity index is 465. The maximum atomic E-state index is 13.2. The van der Waals surface area contributed by atoms with Gasteiger partial charge in [-0.3, -0.25) is 4.79 Å². The molecule has 0 aromatic carbocycles. The largest absolute Gasteiger partial charge is 0.347 e. The fraction of sp³-hybridized carbons (Fsp3) is 0.538. The molecule has 0 bridgehead atoms. The van der Waals surface area contributed by atoms with Crippen LogP contribution in [0.25, 0.3) is 0 Å². The van der Waals surface area contributed by atoms with E-state index < -0.39 is 5.67 Å². The highest BCUT2D eigenvalue weighted by Crippen LogP contribution is 2.48. The minimum absolute atomic E-state index is 0.0809. The van der Waals surface area contributed by atoms with E-state index in [1.807, 2.05) is 17.8 Å². The maximum Gasteiger partial charge on any atom is 0.243 e. The third kappa shape index (κ3) is 3.42. The quantitative estimate of drug-likeness (QED) is 0.810. The number of alkyl halides is 1. The van der Waals surface area contributed by atoms with E-state index in [4.69, 9.17) is 0 Å². The Labute approximate surface area is 106 Å². The van der Waals surface area contributed by atoms with Crippen molar-refractivity contribution in [2.75, 3.05) is 0 Å². The molecule has 0 aliphatic heterocycles. The lowest BCUT2D eigenvalue weighted by Gasteiger charge is -1.98. The normalized spacial score (nSPS) is 26.5. The van der Waals surface area contributed by atoms with Gasteiger partial charge in [-0.15, -0.1) is 0 Å². The second-order valence-corrected chi connectivity index (χ2v) is 5.07. The second kappa shape index (κ2) is 4.92. The summed E-state index contributed by atoms with van der Waals surface area (Å²) >= 11 is 0. The highest BCUT2D eigenvalue weighted by molar-refractivity contribution is 5.87. The molecule has 0 saturated heterocycles. The van der Waals surface area contributed by atoms with Crippen molar-refractivity contribution in [1.29, 1.82) is 0 Å². The SMILES string of the molecule is Cn1cnc(CNC(=O)/C=C/CC2CC2(C)F)c1. The van der Waals surface area contributed by atoms with Crippen LogP contribution in [-0.4, -0.2) is 21.1 Å². The van der Waals surface area contributed by atoms with Crippen LogP contribution in [-0.2, 0) is 18.4 Å². The molecule has 1 amide bonds. The van der Waals surface area contributed by atoms with Crippen LogP contribution in [0.4, 0.5) is 4.39 Å². The van der Waals surface area contributed by atoms with Crippen LogP contribution in [0.5, 0.6) is 0 Å². The number of aryl methyl sites for hydroxylation is 1. The van der Waals surface area contributed by atoms with Crippen LogP contribution in [0.15, 0.2) is 24.7 Å². The lowest BCUT2D eigenvalue weighted by Crippen LogP contribution is -2.20. The summed E-state index contributed by atoms with van der Waals surface area (Å²) in [5.74, 6) is -0.0841. The number of nitrogens with one attached hydrogen (secondary N) is 1. The van der Waals surface area contributed by atoms with E-state index in [1.165, 1.54) is 6.08 Å². The van der Waals surface area contributed by atoms with Crippen molar-refractivity contribution in [2.45, 2.75) is 32.0 Å². The number of halogens is 1. The fourth-order valence-electron chi connectivity index (χ4n) is 1.89. The van der Waals surface area contributed by atoms with Crippen LogP contribution in [0, 0.1) is 5.92 Å². The molecule has 1 saturated carbocycles. The summed E-state index contributed by atoms with van der Waals surface area (Å²) in [5.41, 5.74) is -0.202. The number of hydrogen-bond acceptors (Lipinski definition) is 2. The zero-order valence-electron chi connectivity index (χ0n) is 10.7. The predicted molar refractivity (Wildman–Crippen MR) is 66.4 cm³/mol. The molecule has 2 unspecified atom stereocenters. The summed E-state index contributed by atoms with van der Waals surface area (Å²) < 4.78 is 15.0. The first-order chi connectivity index (χ1) is 8.47. The highest BCUT2D eigenvalue weighted by Gasteiger charge is 2.49. The van der Waals surface area contributed by atoms with E-state index in [9.17, 15) is 9.18 Å². The Morgan fingerprint density at radius 1 is 1.78 bits per heavy atom. The molecule has 2 rings (SSSR count). The number of nitrogens with zero attached hydrogens (tertiary/aromatic N) is 2. The van der Waals surface area contributed by atoms with E-state index >= 15 is 0 Å². The number of carbonyl (C=O) groups excluding carboxylic acids is 1. The van der Waals surface area contributed by atoms with Crippen LogP contribution in [0.2, 0.25) is 0 Å². The summed E-state index contributed by atoms with van der Waals surface area (Å²) in [6.07, 6.45) is 7.98. The number of allylic oxidation sites excluding steroid dienone is 1. The third-order valence-electron chi connectivity index (χ3n) is 3.23. The molecular weight excluding hydrogens is 233 g/mol. The molecule has 1 heterocycles. The molecule has 1 aliphatic carbocycles. The number of amides is 1. The molecule has 1 aliphatic rings. The Hall–Kier alpha value is -1.65. The van der Waals surface area contributed by atoms with E-state index in [0.29, 0.717) is 19.4 Å². The number of rotatable bonds is 5. The zero-order valence-corrected chi connectivity index (χ0v) is 10.7. The first-order valence-corrected chi connectivity index (χ1v) is 6.07. The summed E-state index contributed by atoms with van der Waals surface area (Å²) in [6, 6.07) is 0. The van der Waals surface area contributed by atoms with Gasteiger partial charge in [0.15, 0.2) is 0 Å². The van der Waals surface area contributed by atoms with Gasteiger partial charge in [0.05, 0.1) is 18.6 Å². The molecule has 0 radical (unpaired) electrons. The van der Waals surface area contributed by atoms with Crippen LogP contribution < -0.4 is 5.32 Å². The van der Waals surface area contributed by atoms with Crippen molar-refractivity contribution < 1.29 is 9.18 Å². The Kier molecular flexibility index (Phi) is 3.50. The van der Waals surface area contributed by atoms with Crippen molar-refractivity contribution in [3.63, 3.8) is 0 Å². The standard InChI is InChI=1S/C13H18FN3O/c1-13(14)6-10(13)4-3-5-12(18)15-7-11-8-17(2)9-16-11/h3,5,8-10H,4,6-7H2,1-2H3,(H,15,18)/b5-3+. The van der Waals surface area contributed by atoms with Gasteiger partial charge in [-0.25, -0.2) is 9.37 Å². The summed E-state index contributed by atoms with van der Waals surface area (Å²) in [7, 11) is 1.88. The molecule has 1 aromatic rings. The van der Waals surface area contributed by atoms with E-state index in [-0.39, 0.29) is 11.8 Å². The van der Waals surface area contributed by atoms with Crippen LogP contribution in [0.1, 0.15) is 25.5 Å². The van der Waals surface area contributed by atoms with E-state index in [0.717, 1.165) is 5.69 Å². The molecule has 1 fully saturated rings. The molecule has 0 spiro atoms. The first kappa shape index (κ1) is 12.8. The number of hydrogen-bond donors (Lipinski definition) is 1. The lowest BCUT2D eigenvalue weighted by atomic mass is 10.2. The molecule has 2 atom stereocenters. The smallest absolute Gasteiger partial charge is 0.243 e. The predicted octanol–water partition coefficient (Wildman–Crippen LogP) is 1.73. The van der Waals surface area contributed by atoms with Crippen molar-refractivity contribution in [3.8, 4) is 0 Å². The van der Waals surface area contributed by atoms with Gasteiger partial charge in [0.2, 0.25) is 5.91 Å². The average Bonchev–Trinajstić information content (AvgIpc) is 2.71. The van der Waals surface area contributed by atoms with Gasteiger partial charge < -0.3 is 9.88 Å². The minimum atomic E-state index is -1.02. The zero-order chi connectivity index (χ0) is 13.2. The fourth-order valence-corrected chi connectivity index (χ4v) is 1.89. The van der Waals surface area contributed by atoms with Gasteiger partial charge in [0.1, 0.15) is 5.67 Å². The monoisotopic (exact) mass is 251 g/mol. The summed E-state index contributed by atoms with van der Waals surface area (Å²) in [6.45, 7) is 2.01. The topological polar surface area (TPSA) is 46.9 Å². The van der Waals surface area contributed by atoms with E-state index in [2.05, 4.69) is 10.3 Å². The van der Waals surface area contributed by atoms with Crippen molar-refractivity contribution in [2.24, 2.45) is 13.0 Å². The van der Waals surface area contributed by atoms with Gasteiger partial charge >= 0.3 is 0 Å². The van der Waals surface area contributed by atoms with E-state index in [1.54, 1.807) is 19.3 Å². The number of aromatic nitrogens is 2. The maximum absolute atomic E-state index is 13.2. The Morgan fingerprint density at radius 2 is 2.50 bits per heavy atom. The van der Waals surface area contributed by atoms with Crippen molar-refractivity contribution in [1.82, 2.24) is 14.9 Å². The number of carbonyl (C=O) groups is 1. The first-order valence-electron chi connectivity index (χ1n) is 6.07. The molecule has 18 heavy (non-hydrogen) atoms. The number of imidazole rings is 1. The molecule has 1 aromatic heterocycles. The second-order valence-electron chi connectivity index (χ2n) is 5.07. The highest BCUT2D eigenvalue weighted by atomic mass is 19.1. The molecule has 5 heteroatoms. The lowest BCUT2D eigenvalue weighted by molar-refractivity contribution is -0.116. The Balaban J connectivity index is 1.67. The van der Waals surface area contributed by atoms with Gasteiger partial charge in [-0.05, 0) is 31.8 Å². The van der Waals surface area contributed by atoms with Gasteiger partial charge in [0.25, 0.3) is 0 Å². The van der Waals surface area contributed by atoms with Gasteiger partial charge in [-0.1, -0.05) is 6.08 Å². The van der Waals surface area contributed by atoms with Gasteiger partial charge in [0, 0.05) is 13.2 Å². The molecule has 1 N–H and O–H groups in total.